The molecular formula is C18H29N5O3S2. The van der Waals surface area contributed by atoms with Gasteiger partial charge in [0, 0.05) is 51.4 Å². The molecule has 2 saturated heterocycles. The Morgan fingerprint density at radius 1 is 1.32 bits per heavy atom. The Bertz CT molecular complexity index is 651. The number of aromatic nitrogens is 2. The average Bonchev–Trinajstić information content (AvgIpc) is 3.13. The molecule has 3 heterocycles. The number of piperidine rings is 1. The summed E-state index contributed by atoms with van der Waals surface area (Å²) in [7, 11) is 0. The van der Waals surface area contributed by atoms with Gasteiger partial charge in [-0.1, -0.05) is 23.1 Å². The third kappa shape index (κ3) is 6.68. The first-order valence-electron chi connectivity index (χ1n) is 9.90. The van der Waals surface area contributed by atoms with Crippen LogP contribution in [0.2, 0.25) is 0 Å². The first kappa shape index (κ1) is 21.5. The molecule has 0 aliphatic carbocycles. The molecule has 156 valence electrons. The largest absolute Gasteiger partial charge is 0.379 e. The minimum atomic E-state index is -0.0964. The Kier molecular flexibility index (Phi) is 8.50. The van der Waals surface area contributed by atoms with Crippen LogP contribution >= 0.6 is 23.1 Å². The lowest BCUT2D eigenvalue weighted by atomic mass is 9.96. The maximum Gasteiger partial charge on any atom is 0.224 e. The molecule has 8 nitrogen and oxygen atoms in total. The quantitative estimate of drug-likeness (QED) is 0.465. The van der Waals surface area contributed by atoms with Gasteiger partial charge in [-0.25, -0.2) is 0 Å². The summed E-state index contributed by atoms with van der Waals surface area (Å²) in [6.07, 6.45) is 2.01. The van der Waals surface area contributed by atoms with Gasteiger partial charge in [-0.05, 0) is 19.8 Å². The standard InChI is InChI=1S/C18H29N5O3S2/c1-14-20-21-18(28-14)27-12-2-5-19-17(25)15-3-4-16(24)23(13-15)7-6-22-8-10-26-11-9-22/h15H,2-13H2,1H3,(H,19,25)/t15-/m1/s1. The number of morpholine rings is 1. The minimum Gasteiger partial charge on any atom is -0.379 e. The van der Waals surface area contributed by atoms with Crippen LogP contribution in [0.3, 0.4) is 0 Å². The van der Waals surface area contributed by atoms with Gasteiger partial charge in [0.25, 0.3) is 0 Å². The van der Waals surface area contributed by atoms with Gasteiger partial charge in [-0.15, -0.1) is 10.2 Å². The van der Waals surface area contributed by atoms with Crippen molar-refractivity contribution in [1.29, 1.82) is 0 Å². The lowest BCUT2D eigenvalue weighted by Gasteiger charge is -2.34. The number of nitrogens with zero attached hydrogens (tertiary/aromatic N) is 4. The van der Waals surface area contributed by atoms with Crippen molar-refractivity contribution in [3.8, 4) is 0 Å². The minimum absolute atomic E-state index is 0.0700. The maximum absolute atomic E-state index is 12.5. The zero-order valence-electron chi connectivity index (χ0n) is 16.4. The maximum atomic E-state index is 12.5. The van der Waals surface area contributed by atoms with E-state index in [1.807, 2.05) is 11.8 Å². The van der Waals surface area contributed by atoms with Crippen molar-refractivity contribution in [3.05, 3.63) is 5.01 Å². The highest BCUT2D eigenvalue weighted by Crippen LogP contribution is 2.22. The van der Waals surface area contributed by atoms with Crippen LogP contribution in [0.15, 0.2) is 4.34 Å². The number of aryl methyl sites for hydroxylation is 1. The van der Waals surface area contributed by atoms with Crippen molar-refractivity contribution in [1.82, 2.24) is 25.3 Å². The molecule has 0 radical (unpaired) electrons. The van der Waals surface area contributed by atoms with Crippen molar-refractivity contribution in [2.24, 2.45) is 5.92 Å². The third-order valence-electron chi connectivity index (χ3n) is 5.01. The van der Waals surface area contributed by atoms with E-state index in [1.54, 1.807) is 23.1 Å². The number of thioether (sulfide) groups is 1. The van der Waals surface area contributed by atoms with E-state index < -0.39 is 0 Å². The van der Waals surface area contributed by atoms with Gasteiger partial charge in [0.1, 0.15) is 5.01 Å². The molecule has 2 amide bonds. The van der Waals surface area contributed by atoms with Crippen molar-refractivity contribution in [3.63, 3.8) is 0 Å². The molecule has 0 aromatic carbocycles. The van der Waals surface area contributed by atoms with E-state index >= 15 is 0 Å². The first-order valence-corrected chi connectivity index (χ1v) is 11.7. The van der Waals surface area contributed by atoms with Crippen LogP contribution in [0.1, 0.15) is 24.3 Å². The van der Waals surface area contributed by atoms with E-state index in [2.05, 4.69) is 20.4 Å². The van der Waals surface area contributed by atoms with E-state index in [0.29, 0.717) is 32.5 Å². The van der Waals surface area contributed by atoms with Crippen LogP contribution in [-0.4, -0.2) is 90.0 Å². The summed E-state index contributed by atoms with van der Waals surface area (Å²) in [5, 5.41) is 12.1. The third-order valence-corrected chi connectivity index (χ3v) is 7.07. The van der Waals surface area contributed by atoms with Crippen LogP contribution in [0.25, 0.3) is 0 Å². The van der Waals surface area contributed by atoms with Gasteiger partial charge in [0.15, 0.2) is 4.34 Å². The lowest BCUT2D eigenvalue weighted by molar-refractivity contribution is -0.138. The van der Waals surface area contributed by atoms with Gasteiger partial charge in [0.05, 0.1) is 19.1 Å². The summed E-state index contributed by atoms with van der Waals surface area (Å²) in [4.78, 5) is 28.9. The number of hydrogen-bond acceptors (Lipinski definition) is 8. The topological polar surface area (TPSA) is 87.7 Å². The van der Waals surface area contributed by atoms with Gasteiger partial charge >= 0.3 is 0 Å². The molecule has 0 bridgehead atoms. The fraction of sp³-hybridized carbons (Fsp3) is 0.778. The summed E-state index contributed by atoms with van der Waals surface area (Å²) in [5.41, 5.74) is 0. The SMILES string of the molecule is Cc1nnc(SCCCNC(=O)[C@@H]2CCC(=O)N(CCN3CCOCC3)C2)s1. The lowest BCUT2D eigenvalue weighted by Crippen LogP contribution is -2.49. The summed E-state index contributed by atoms with van der Waals surface area (Å²) in [6, 6.07) is 0. The molecule has 1 N–H and O–H groups in total. The highest BCUT2D eigenvalue weighted by Gasteiger charge is 2.30. The Hall–Kier alpha value is -1.23. The highest BCUT2D eigenvalue weighted by molar-refractivity contribution is 8.01. The van der Waals surface area contributed by atoms with E-state index in [9.17, 15) is 9.59 Å². The summed E-state index contributed by atoms with van der Waals surface area (Å²) in [5.74, 6) is 1.05. The normalized spacial score (nSPS) is 21.1. The molecule has 0 saturated carbocycles. The molecule has 10 heteroatoms. The van der Waals surface area contributed by atoms with E-state index in [0.717, 1.165) is 54.4 Å². The smallest absolute Gasteiger partial charge is 0.224 e. The second-order valence-electron chi connectivity index (χ2n) is 7.11. The van der Waals surface area contributed by atoms with E-state index in [1.165, 1.54) is 0 Å². The number of ether oxygens (including phenoxy) is 1. The zero-order valence-corrected chi connectivity index (χ0v) is 18.0. The fourth-order valence-corrected chi connectivity index (χ4v) is 5.18. The van der Waals surface area contributed by atoms with Crippen LogP contribution < -0.4 is 5.32 Å². The molecule has 1 atom stereocenters. The van der Waals surface area contributed by atoms with Gasteiger partial charge in [0.2, 0.25) is 11.8 Å². The second-order valence-corrected chi connectivity index (χ2v) is 9.63. The Morgan fingerprint density at radius 2 is 2.14 bits per heavy atom. The molecule has 2 aliphatic rings. The first-order chi connectivity index (χ1) is 13.6. The van der Waals surface area contributed by atoms with Crippen LogP contribution in [-0.2, 0) is 14.3 Å². The predicted octanol–water partition coefficient (Wildman–Crippen LogP) is 1.02. The highest BCUT2D eigenvalue weighted by atomic mass is 32.2. The molecule has 3 rings (SSSR count). The van der Waals surface area contributed by atoms with Crippen LogP contribution in [0.5, 0.6) is 0 Å². The fourth-order valence-electron chi connectivity index (χ4n) is 3.36. The summed E-state index contributed by atoms with van der Waals surface area (Å²) in [6.45, 7) is 8.04. The van der Waals surface area contributed by atoms with Gasteiger partial charge < -0.3 is 15.0 Å². The molecule has 1 aromatic rings. The van der Waals surface area contributed by atoms with Crippen LogP contribution in [0, 0.1) is 12.8 Å². The molecule has 2 fully saturated rings. The van der Waals surface area contributed by atoms with E-state index in [-0.39, 0.29) is 17.7 Å². The van der Waals surface area contributed by atoms with Gasteiger partial charge in [-0.2, -0.15) is 0 Å². The average molecular weight is 428 g/mol. The number of carbonyl (C=O) groups excluding carboxylic acids is 2. The summed E-state index contributed by atoms with van der Waals surface area (Å²) < 4.78 is 6.34. The molecule has 2 aliphatic heterocycles. The zero-order chi connectivity index (χ0) is 19.8. The Morgan fingerprint density at radius 3 is 2.89 bits per heavy atom. The van der Waals surface area contributed by atoms with Crippen molar-refractivity contribution < 1.29 is 14.3 Å². The number of carbonyl (C=O) groups is 2. The Labute approximate surface area is 174 Å². The van der Waals surface area contributed by atoms with E-state index in [4.69, 9.17) is 4.74 Å². The molecule has 0 spiro atoms. The van der Waals surface area contributed by atoms with Crippen molar-refractivity contribution in [2.75, 3.05) is 58.2 Å². The Balaban J connectivity index is 1.33. The van der Waals surface area contributed by atoms with Crippen LogP contribution in [0.4, 0.5) is 0 Å². The second kappa shape index (κ2) is 11.1. The molecule has 28 heavy (non-hydrogen) atoms. The number of amides is 2. The number of rotatable bonds is 9. The van der Waals surface area contributed by atoms with Crippen molar-refractivity contribution >= 4 is 34.9 Å². The van der Waals surface area contributed by atoms with Gasteiger partial charge in [-0.3, -0.25) is 14.5 Å². The summed E-state index contributed by atoms with van der Waals surface area (Å²) >= 11 is 3.27. The predicted molar refractivity (Wildman–Crippen MR) is 110 cm³/mol. The molecular weight excluding hydrogens is 398 g/mol. The van der Waals surface area contributed by atoms with Crippen molar-refractivity contribution in [2.45, 2.75) is 30.5 Å². The monoisotopic (exact) mass is 427 g/mol. The molecule has 1 aromatic heterocycles. The number of hydrogen-bond donors (Lipinski definition) is 1. The number of nitrogens with one attached hydrogen (secondary N) is 1. The molecule has 0 unspecified atom stereocenters. The number of likely N-dealkylation sites (tertiary alicyclic amines) is 1.